The molecule has 8 heavy (non-hydrogen) atoms. The summed E-state index contributed by atoms with van der Waals surface area (Å²) < 4.78 is 5.25. The summed E-state index contributed by atoms with van der Waals surface area (Å²) in [4.78, 5) is 0. The summed E-state index contributed by atoms with van der Waals surface area (Å²) in [6.07, 6.45) is 1.96. The summed E-state index contributed by atoms with van der Waals surface area (Å²) >= 11 is 0. The normalized spacial score (nSPS) is 14.8. The molecule has 1 atom stereocenters. The minimum Gasteiger partial charge on any atom is -0.424 e. The van der Waals surface area contributed by atoms with Crippen molar-refractivity contribution < 1.29 is 4.43 Å². The van der Waals surface area contributed by atoms with Crippen LogP contribution in [0.5, 0.6) is 0 Å². The monoisotopic (exact) mass is 130 g/mol. The quantitative estimate of drug-likeness (QED) is 0.409. The Morgan fingerprint density at radius 2 is 2.50 bits per heavy atom. The van der Waals surface area contributed by atoms with Crippen LogP contribution in [0, 0.1) is 0 Å². The summed E-state index contributed by atoms with van der Waals surface area (Å²) in [6, 6.07) is 0. The SMILES string of the molecule is C=CC(C)[SiH2]OCC. The largest absolute Gasteiger partial charge is 0.424 e. The Hall–Kier alpha value is -0.0831. The van der Waals surface area contributed by atoms with Gasteiger partial charge in [-0.1, -0.05) is 13.0 Å². The maximum atomic E-state index is 5.25. The number of hydrogen-bond acceptors (Lipinski definition) is 1. The molecule has 0 aromatic rings. The van der Waals surface area contributed by atoms with Crippen molar-refractivity contribution in [1.29, 1.82) is 0 Å². The van der Waals surface area contributed by atoms with E-state index in [-0.39, 0.29) is 9.76 Å². The van der Waals surface area contributed by atoms with Crippen molar-refractivity contribution in [2.45, 2.75) is 19.4 Å². The van der Waals surface area contributed by atoms with Crippen LogP contribution in [0.1, 0.15) is 13.8 Å². The predicted octanol–water partition coefficient (Wildman–Crippen LogP) is 1.10. The van der Waals surface area contributed by atoms with E-state index in [1.807, 2.05) is 13.0 Å². The van der Waals surface area contributed by atoms with E-state index in [9.17, 15) is 0 Å². The lowest BCUT2D eigenvalue weighted by atomic mass is 10.5. The fourth-order valence-electron chi connectivity index (χ4n) is 0.372. The van der Waals surface area contributed by atoms with Gasteiger partial charge in [0.25, 0.3) is 0 Å². The fourth-order valence-corrected chi connectivity index (χ4v) is 1.12. The molecule has 0 aliphatic carbocycles. The molecule has 48 valence electrons. The highest BCUT2D eigenvalue weighted by molar-refractivity contribution is 6.30. The second kappa shape index (κ2) is 5.06. The van der Waals surface area contributed by atoms with Gasteiger partial charge in [-0.2, -0.15) is 0 Å². The zero-order valence-corrected chi connectivity index (χ0v) is 7.10. The molecule has 0 bridgehead atoms. The molecule has 0 saturated carbocycles. The van der Waals surface area contributed by atoms with E-state index in [4.69, 9.17) is 4.43 Å². The van der Waals surface area contributed by atoms with Crippen molar-refractivity contribution in [3.63, 3.8) is 0 Å². The van der Waals surface area contributed by atoms with Gasteiger partial charge in [0.1, 0.15) is 0 Å². The van der Waals surface area contributed by atoms with Gasteiger partial charge in [-0.3, -0.25) is 0 Å². The number of rotatable bonds is 4. The molecule has 0 spiro atoms. The first-order valence-corrected chi connectivity index (χ1v) is 4.41. The Morgan fingerprint density at radius 1 is 1.88 bits per heavy atom. The first-order chi connectivity index (χ1) is 3.81. The lowest BCUT2D eigenvalue weighted by Gasteiger charge is -2.01. The lowest BCUT2D eigenvalue weighted by molar-refractivity contribution is 0.357. The lowest BCUT2D eigenvalue weighted by Crippen LogP contribution is -2.01. The first kappa shape index (κ1) is 7.92. The third kappa shape index (κ3) is 4.09. The number of allylic oxidation sites excluding steroid dienone is 1. The van der Waals surface area contributed by atoms with Gasteiger partial charge in [-0.05, 0) is 12.5 Å². The third-order valence-electron chi connectivity index (χ3n) is 0.987. The van der Waals surface area contributed by atoms with Crippen LogP contribution in [0.2, 0.25) is 5.54 Å². The second-order valence-corrected chi connectivity index (χ2v) is 3.90. The summed E-state index contributed by atoms with van der Waals surface area (Å²) in [6.45, 7) is 8.71. The summed E-state index contributed by atoms with van der Waals surface area (Å²) in [5.41, 5.74) is 0.634. The standard InChI is InChI=1S/C6H14OSi/c1-4-6(3)8-7-5-2/h4,6H,1,5,8H2,2-3H3. The molecule has 0 aromatic heterocycles. The van der Waals surface area contributed by atoms with Gasteiger partial charge in [0.2, 0.25) is 0 Å². The molecule has 0 heterocycles. The molecule has 0 N–H and O–H groups in total. The summed E-state index contributed by atoms with van der Waals surface area (Å²) in [5, 5.41) is 0. The first-order valence-electron chi connectivity index (χ1n) is 3.01. The Kier molecular flexibility index (Phi) is 5.01. The van der Waals surface area contributed by atoms with Gasteiger partial charge in [0, 0.05) is 6.61 Å². The zero-order chi connectivity index (χ0) is 6.41. The maximum absolute atomic E-state index is 5.25. The van der Waals surface area contributed by atoms with E-state index >= 15 is 0 Å². The molecule has 0 aliphatic heterocycles. The molecule has 0 amide bonds. The van der Waals surface area contributed by atoms with E-state index in [0.717, 1.165) is 6.61 Å². The van der Waals surface area contributed by atoms with Crippen molar-refractivity contribution in [1.82, 2.24) is 0 Å². The molecule has 1 nitrogen and oxygen atoms in total. The smallest absolute Gasteiger partial charge is 0.167 e. The zero-order valence-electron chi connectivity index (χ0n) is 5.68. The minimum absolute atomic E-state index is 0.282. The van der Waals surface area contributed by atoms with E-state index in [1.165, 1.54) is 0 Å². The van der Waals surface area contributed by atoms with E-state index in [0.29, 0.717) is 5.54 Å². The van der Waals surface area contributed by atoms with Gasteiger partial charge in [-0.25, -0.2) is 0 Å². The van der Waals surface area contributed by atoms with Crippen LogP contribution in [-0.4, -0.2) is 16.4 Å². The topological polar surface area (TPSA) is 9.23 Å². The third-order valence-corrected chi connectivity index (χ3v) is 2.49. The Balaban J connectivity index is 2.98. The summed E-state index contributed by atoms with van der Waals surface area (Å²) in [7, 11) is -0.282. The van der Waals surface area contributed by atoms with E-state index in [2.05, 4.69) is 13.5 Å². The average molecular weight is 130 g/mol. The van der Waals surface area contributed by atoms with Gasteiger partial charge in [-0.15, -0.1) is 6.58 Å². The minimum atomic E-state index is -0.282. The van der Waals surface area contributed by atoms with Crippen molar-refractivity contribution >= 4 is 9.76 Å². The van der Waals surface area contributed by atoms with Crippen LogP contribution in [0.3, 0.4) is 0 Å². The van der Waals surface area contributed by atoms with Gasteiger partial charge >= 0.3 is 0 Å². The molecular formula is C6H14OSi. The van der Waals surface area contributed by atoms with Crippen LogP contribution in [-0.2, 0) is 4.43 Å². The highest BCUT2D eigenvalue weighted by atomic mass is 28.2. The molecular weight excluding hydrogens is 116 g/mol. The van der Waals surface area contributed by atoms with Crippen molar-refractivity contribution in [3.05, 3.63) is 12.7 Å². The van der Waals surface area contributed by atoms with Crippen LogP contribution in [0.4, 0.5) is 0 Å². The molecule has 0 aliphatic rings. The molecule has 0 aromatic carbocycles. The van der Waals surface area contributed by atoms with Crippen LogP contribution in [0.15, 0.2) is 12.7 Å². The van der Waals surface area contributed by atoms with Gasteiger partial charge in [0.15, 0.2) is 9.76 Å². The van der Waals surface area contributed by atoms with Gasteiger partial charge in [0.05, 0.1) is 0 Å². The van der Waals surface area contributed by atoms with E-state index < -0.39 is 0 Å². The average Bonchev–Trinajstić information content (AvgIpc) is 1.83. The predicted molar refractivity (Wildman–Crippen MR) is 39.8 cm³/mol. The van der Waals surface area contributed by atoms with Gasteiger partial charge < -0.3 is 4.43 Å². The molecule has 0 rings (SSSR count). The molecule has 1 unspecified atom stereocenters. The number of hydrogen-bond donors (Lipinski definition) is 0. The van der Waals surface area contributed by atoms with Crippen LogP contribution >= 0.6 is 0 Å². The maximum Gasteiger partial charge on any atom is 0.167 e. The molecule has 0 radical (unpaired) electrons. The molecule has 0 fully saturated rings. The Labute approximate surface area is 53.7 Å². The van der Waals surface area contributed by atoms with Crippen molar-refractivity contribution in [2.24, 2.45) is 0 Å². The molecule has 0 saturated heterocycles. The highest BCUT2D eigenvalue weighted by Crippen LogP contribution is 1.99. The highest BCUT2D eigenvalue weighted by Gasteiger charge is 1.93. The van der Waals surface area contributed by atoms with Crippen LogP contribution in [0.25, 0.3) is 0 Å². The van der Waals surface area contributed by atoms with Crippen molar-refractivity contribution in [3.8, 4) is 0 Å². The Bertz CT molecular complexity index is 63.5. The molecule has 2 heteroatoms. The summed E-state index contributed by atoms with van der Waals surface area (Å²) in [5.74, 6) is 0. The second-order valence-electron chi connectivity index (χ2n) is 1.87. The Morgan fingerprint density at radius 3 is 2.88 bits per heavy atom. The fraction of sp³-hybridized carbons (Fsp3) is 0.667. The van der Waals surface area contributed by atoms with Crippen molar-refractivity contribution in [2.75, 3.05) is 6.61 Å². The van der Waals surface area contributed by atoms with Crippen LogP contribution < -0.4 is 0 Å². The van der Waals surface area contributed by atoms with E-state index in [1.54, 1.807) is 0 Å².